The van der Waals surface area contributed by atoms with E-state index in [4.69, 9.17) is 5.73 Å². The summed E-state index contributed by atoms with van der Waals surface area (Å²) in [6.45, 7) is 4.30. The second-order valence-corrected chi connectivity index (χ2v) is 11.0. The summed E-state index contributed by atoms with van der Waals surface area (Å²) in [7, 11) is 1.57. The van der Waals surface area contributed by atoms with E-state index in [2.05, 4.69) is 16.0 Å². The van der Waals surface area contributed by atoms with Crippen molar-refractivity contribution in [3.63, 3.8) is 0 Å². The zero-order valence-electron chi connectivity index (χ0n) is 22.7. The highest BCUT2D eigenvalue weighted by Crippen LogP contribution is 2.36. The molecule has 3 aromatic rings. The maximum absolute atomic E-state index is 14.1. The van der Waals surface area contributed by atoms with Crippen LogP contribution in [0, 0.1) is 11.7 Å². The lowest BCUT2D eigenvalue weighted by atomic mass is 9.98. The minimum absolute atomic E-state index is 0.0841. The molecular formula is C30H34FN5O3S. The van der Waals surface area contributed by atoms with E-state index in [1.807, 2.05) is 62.4 Å². The Bertz CT molecular complexity index is 1380. The van der Waals surface area contributed by atoms with Gasteiger partial charge >= 0.3 is 6.03 Å². The summed E-state index contributed by atoms with van der Waals surface area (Å²) in [5.74, 6) is -0.879. The van der Waals surface area contributed by atoms with Crippen molar-refractivity contribution in [1.82, 2.24) is 16.0 Å². The smallest absolute Gasteiger partial charge is 0.314 e. The molecule has 1 heterocycles. The number of halogens is 1. The number of carbonyl (C=O) groups excluding carboxylic acids is 3. The normalized spacial score (nSPS) is 15.7. The molecule has 1 aliphatic rings. The molecule has 1 unspecified atom stereocenters. The molecule has 0 fully saturated rings. The van der Waals surface area contributed by atoms with E-state index in [0.717, 1.165) is 22.3 Å². The number of rotatable bonds is 8. The fourth-order valence-electron chi connectivity index (χ4n) is 4.41. The Labute approximate surface area is 237 Å². The van der Waals surface area contributed by atoms with Crippen LogP contribution in [0.2, 0.25) is 0 Å². The number of nitrogens with zero attached hydrogens (tertiary/aromatic N) is 1. The lowest BCUT2D eigenvalue weighted by Gasteiger charge is -2.27. The molecule has 10 heteroatoms. The molecule has 0 saturated heterocycles. The van der Waals surface area contributed by atoms with Gasteiger partial charge in [0, 0.05) is 24.2 Å². The predicted molar refractivity (Wildman–Crippen MR) is 156 cm³/mol. The number of benzene rings is 3. The highest BCUT2D eigenvalue weighted by Gasteiger charge is 2.33. The molecule has 4 rings (SSSR count). The summed E-state index contributed by atoms with van der Waals surface area (Å²) in [5.41, 5.74) is 10.4. The lowest BCUT2D eigenvalue weighted by Crippen LogP contribution is -2.54. The SMILES string of the molecule is CNC(=O)NCc1ccccc1-c1ccc(CN2C(=O)[C@H](NC(=O)C(N)C(C)C)CSc3cc(F)ccc32)cc1. The van der Waals surface area contributed by atoms with Crippen LogP contribution in [0.5, 0.6) is 0 Å². The minimum Gasteiger partial charge on any atom is -0.342 e. The van der Waals surface area contributed by atoms with Crippen molar-refractivity contribution < 1.29 is 18.8 Å². The van der Waals surface area contributed by atoms with Gasteiger partial charge in [-0.25, -0.2) is 9.18 Å². The Morgan fingerprint density at radius 3 is 2.52 bits per heavy atom. The van der Waals surface area contributed by atoms with Crippen LogP contribution in [0.4, 0.5) is 14.9 Å². The van der Waals surface area contributed by atoms with Gasteiger partial charge < -0.3 is 26.6 Å². The monoisotopic (exact) mass is 563 g/mol. The zero-order chi connectivity index (χ0) is 28.8. The summed E-state index contributed by atoms with van der Waals surface area (Å²) in [4.78, 5) is 40.3. The number of carbonyl (C=O) groups is 3. The number of hydrogen-bond acceptors (Lipinski definition) is 5. The molecule has 0 aliphatic carbocycles. The maximum atomic E-state index is 14.1. The van der Waals surface area contributed by atoms with Crippen LogP contribution in [0.15, 0.2) is 71.6 Å². The van der Waals surface area contributed by atoms with Gasteiger partial charge in [0.1, 0.15) is 11.9 Å². The standard InChI is InChI=1S/C30H34FN5O3S/c1-18(2)27(32)28(37)35-24-17-40-26-14-22(31)12-13-25(26)36(29(24)38)16-19-8-10-20(11-9-19)23-7-5-4-6-21(23)15-34-30(39)33-3/h4-14,18,24,27H,15-17,32H2,1-3H3,(H,35,37)(H2,33,34,39)/t24-,27?/m1/s1. The number of amides is 4. The lowest BCUT2D eigenvalue weighted by molar-refractivity contribution is -0.128. The number of nitrogens with two attached hydrogens (primary N) is 1. The summed E-state index contributed by atoms with van der Waals surface area (Å²) < 4.78 is 14.1. The van der Waals surface area contributed by atoms with Crippen LogP contribution in [0.1, 0.15) is 25.0 Å². The summed E-state index contributed by atoms with van der Waals surface area (Å²) in [6, 6.07) is 18.2. The van der Waals surface area contributed by atoms with Crippen LogP contribution in [0.3, 0.4) is 0 Å². The quantitative estimate of drug-likeness (QED) is 0.330. The molecule has 0 saturated carbocycles. The Morgan fingerprint density at radius 1 is 1.10 bits per heavy atom. The number of fused-ring (bicyclic) bond motifs is 1. The van der Waals surface area contributed by atoms with E-state index in [1.54, 1.807) is 18.0 Å². The minimum atomic E-state index is -0.809. The Morgan fingerprint density at radius 2 is 1.82 bits per heavy atom. The molecule has 2 atom stereocenters. The fourth-order valence-corrected chi connectivity index (χ4v) is 5.50. The van der Waals surface area contributed by atoms with Gasteiger partial charge in [0.25, 0.3) is 5.91 Å². The van der Waals surface area contributed by atoms with E-state index in [-0.39, 0.29) is 36.1 Å². The number of hydrogen-bond donors (Lipinski definition) is 4. The van der Waals surface area contributed by atoms with E-state index < -0.39 is 17.9 Å². The van der Waals surface area contributed by atoms with Crippen LogP contribution < -0.4 is 26.6 Å². The van der Waals surface area contributed by atoms with Crippen molar-refractivity contribution >= 4 is 35.3 Å². The van der Waals surface area contributed by atoms with Crippen LogP contribution in [0.25, 0.3) is 11.1 Å². The van der Waals surface area contributed by atoms with Crippen molar-refractivity contribution in [1.29, 1.82) is 0 Å². The number of nitrogens with one attached hydrogen (secondary N) is 3. The molecule has 0 bridgehead atoms. The van der Waals surface area contributed by atoms with E-state index >= 15 is 0 Å². The van der Waals surface area contributed by atoms with Crippen LogP contribution in [-0.2, 0) is 22.7 Å². The Balaban J connectivity index is 1.58. The van der Waals surface area contributed by atoms with Crippen molar-refractivity contribution in [2.24, 2.45) is 11.7 Å². The number of thioether (sulfide) groups is 1. The highest BCUT2D eigenvalue weighted by molar-refractivity contribution is 7.99. The third kappa shape index (κ3) is 6.81. The number of urea groups is 1. The Kier molecular flexibility index (Phi) is 9.44. The van der Waals surface area contributed by atoms with Crippen molar-refractivity contribution in [3.8, 4) is 11.1 Å². The molecule has 0 spiro atoms. The van der Waals surface area contributed by atoms with E-state index in [9.17, 15) is 18.8 Å². The van der Waals surface area contributed by atoms with Gasteiger partial charge in [0.05, 0.1) is 18.3 Å². The highest BCUT2D eigenvalue weighted by atomic mass is 32.2. The molecule has 40 heavy (non-hydrogen) atoms. The van der Waals surface area contributed by atoms with Gasteiger partial charge in [-0.05, 0) is 46.4 Å². The molecule has 5 N–H and O–H groups in total. The van der Waals surface area contributed by atoms with E-state index in [0.29, 0.717) is 17.1 Å². The topological polar surface area (TPSA) is 117 Å². The summed E-state index contributed by atoms with van der Waals surface area (Å²) in [5, 5.41) is 8.18. The first-order valence-corrected chi connectivity index (χ1v) is 14.1. The van der Waals surface area contributed by atoms with Gasteiger partial charge in [0.15, 0.2) is 0 Å². The molecule has 1 aliphatic heterocycles. The maximum Gasteiger partial charge on any atom is 0.314 e. The van der Waals surface area contributed by atoms with Gasteiger partial charge in [-0.3, -0.25) is 9.59 Å². The summed E-state index contributed by atoms with van der Waals surface area (Å²) in [6.07, 6.45) is 0. The molecular weight excluding hydrogens is 529 g/mol. The van der Waals surface area contributed by atoms with Gasteiger partial charge in [-0.15, -0.1) is 11.8 Å². The second kappa shape index (κ2) is 13.0. The molecule has 8 nitrogen and oxygen atoms in total. The van der Waals surface area contributed by atoms with Crippen molar-refractivity contribution in [2.75, 3.05) is 17.7 Å². The zero-order valence-corrected chi connectivity index (χ0v) is 23.6. The molecule has 0 radical (unpaired) electrons. The fraction of sp³-hybridized carbons (Fsp3) is 0.300. The second-order valence-electron chi connectivity index (χ2n) is 9.97. The average Bonchev–Trinajstić information content (AvgIpc) is 3.07. The first kappa shape index (κ1) is 29.1. The van der Waals surface area contributed by atoms with Gasteiger partial charge in [-0.1, -0.05) is 62.4 Å². The first-order chi connectivity index (χ1) is 19.2. The summed E-state index contributed by atoms with van der Waals surface area (Å²) >= 11 is 1.33. The number of anilines is 1. The first-order valence-electron chi connectivity index (χ1n) is 13.1. The largest absolute Gasteiger partial charge is 0.342 e. The third-order valence-electron chi connectivity index (χ3n) is 6.81. The molecule has 4 amide bonds. The van der Waals surface area contributed by atoms with Crippen molar-refractivity contribution in [3.05, 3.63) is 83.7 Å². The molecule has 210 valence electrons. The predicted octanol–water partition coefficient (Wildman–Crippen LogP) is 4.03. The van der Waals surface area contributed by atoms with E-state index in [1.165, 1.54) is 23.9 Å². The third-order valence-corrected chi connectivity index (χ3v) is 7.95. The molecule has 3 aromatic carbocycles. The van der Waals surface area contributed by atoms with Crippen LogP contribution >= 0.6 is 11.8 Å². The van der Waals surface area contributed by atoms with Crippen molar-refractivity contribution in [2.45, 2.75) is 43.9 Å². The molecule has 0 aromatic heterocycles. The van der Waals surface area contributed by atoms with Gasteiger partial charge in [0.2, 0.25) is 5.91 Å². The van der Waals surface area contributed by atoms with Crippen LogP contribution in [-0.4, -0.2) is 42.7 Å². The Hall–Kier alpha value is -3.89. The average molecular weight is 564 g/mol. The van der Waals surface area contributed by atoms with Gasteiger partial charge in [-0.2, -0.15) is 0 Å².